The molecule has 1 fully saturated rings. The Morgan fingerprint density at radius 2 is 2.08 bits per heavy atom. The molecule has 6 nitrogen and oxygen atoms in total. The van der Waals surface area contributed by atoms with Crippen LogP contribution in [0.25, 0.3) is 0 Å². The Morgan fingerprint density at radius 1 is 1.40 bits per heavy atom. The highest BCUT2D eigenvalue weighted by molar-refractivity contribution is 7.89. The zero-order valence-corrected chi connectivity index (χ0v) is 15.0. The maximum absolute atomic E-state index is 12.6. The smallest absolute Gasteiger partial charge is 0.343 e. The molecule has 0 radical (unpaired) electrons. The van der Waals surface area contributed by atoms with E-state index < -0.39 is 28.7 Å². The molecule has 0 spiro atoms. The summed E-state index contributed by atoms with van der Waals surface area (Å²) >= 11 is 0. The van der Waals surface area contributed by atoms with Crippen molar-refractivity contribution >= 4 is 28.3 Å². The number of carbonyl (C=O) groups is 1. The molecule has 2 rings (SSSR count). The van der Waals surface area contributed by atoms with Crippen LogP contribution in [0.5, 0.6) is 0 Å². The van der Waals surface area contributed by atoms with Crippen LogP contribution in [-0.4, -0.2) is 57.0 Å². The van der Waals surface area contributed by atoms with Gasteiger partial charge in [0, 0.05) is 31.2 Å². The number of piperazine rings is 1. The molecule has 1 aromatic rings. The third kappa shape index (κ3) is 5.84. The van der Waals surface area contributed by atoms with Gasteiger partial charge in [-0.15, -0.1) is 12.4 Å². The van der Waals surface area contributed by atoms with Crippen molar-refractivity contribution in [1.29, 1.82) is 0 Å². The molecule has 0 bridgehead atoms. The number of alkyl halides is 3. The van der Waals surface area contributed by atoms with Crippen molar-refractivity contribution in [2.24, 2.45) is 0 Å². The van der Waals surface area contributed by atoms with Crippen LogP contribution in [0.15, 0.2) is 29.2 Å². The number of hydrogen-bond donors (Lipinski definition) is 2. The highest BCUT2D eigenvalue weighted by Crippen LogP contribution is 2.19. The lowest BCUT2D eigenvalue weighted by atomic mass is 10.2. The predicted octanol–water partition coefficient (Wildman–Crippen LogP) is 1.38. The minimum Gasteiger partial charge on any atom is -0.343 e. The van der Waals surface area contributed by atoms with Crippen molar-refractivity contribution in [2.45, 2.75) is 24.0 Å². The maximum Gasteiger partial charge on any atom is 0.405 e. The molecule has 1 saturated heterocycles. The predicted molar refractivity (Wildman–Crippen MR) is 88.3 cm³/mol. The Bertz CT molecular complexity index is 713. The summed E-state index contributed by atoms with van der Waals surface area (Å²) in [7, 11) is -3.80. The van der Waals surface area contributed by atoms with Crippen molar-refractivity contribution in [3.05, 3.63) is 29.8 Å². The zero-order valence-electron chi connectivity index (χ0n) is 13.3. The van der Waals surface area contributed by atoms with Gasteiger partial charge in [0.2, 0.25) is 10.0 Å². The van der Waals surface area contributed by atoms with Crippen LogP contribution in [0.1, 0.15) is 17.3 Å². The fourth-order valence-corrected chi connectivity index (χ4v) is 3.92. The third-order valence-corrected chi connectivity index (χ3v) is 5.38. The number of amides is 1. The second-order valence-corrected chi connectivity index (χ2v) is 7.48. The molecule has 1 unspecified atom stereocenters. The van der Waals surface area contributed by atoms with Crippen LogP contribution in [0.2, 0.25) is 0 Å². The van der Waals surface area contributed by atoms with Crippen LogP contribution in [0.4, 0.5) is 13.2 Å². The van der Waals surface area contributed by atoms with Crippen LogP contribution in [0, 0.1) is 0 Å². The number of sulfonamides is 1. The maximum atomic E-state index is 12.6. The van der Waals surface area contributed by atoms with E-state index in [1.54, 1.807) is 5.32 Å². The number of nitrogens with zero attached hydrogens (tertiary/aromatic N) is 1. The van der Waals surface area contributed by atoms with Crippen LogP contribution in [0.3, 0.4) is 0 Å². The van der Waals surface area contributed by atoms with Crippen molar-refractivity contribution in [3.8, 4) is 0 Å². The SMILES string of the molecule is CC1CN(S(=O)(=O)c2cccc(C(=O)NCC(F)(F)F)c2)CCN1.Cl. The van der Waals surface area contributed by atoms with Crippen molar-refractivity contribution < 1.29 is 26.4 Å². The fraction of sp³-hybridized carbons (Fsp3) is 0.500. The van der Waals surface area contributed by atoms with Gasteiger partial charge in [0.15, 0.2) is 0 Å². The minimum atomic E-state index is -4.53. The number of carbonyl (C=O) groups excluding carboxylic acids is 1. The highest BCUT2D eigenvalue weighted by atomic mass is 35.5. The lowest BCUT2D eigenvalue weighted by molar-refractivity contribution is -0.123. The van der Waals surface area contributed by atoms with Gasteiger partial charge in [0.25, 0.3) is 5.91 Å². The zero-order chi connectivity index (χ0) is 18.0. The summed E-state index contributed by atoms with van der Waals surface area (Å²) in [5.41, 5.74) is -0.136. The van der Waals surface area contributed by atoms with Gasteiger partial charge in [0.1, 0.15) is 6.54 Å². The number of benzene rings is 1. The standard InChI is InChI=1S/C14H18F3N3O3S.ClH/c1-10-8-20(6-5-18-10)24(22,23)12-4-2-3-11(7-12)13(21)19-9-14(15,16)17;/h2-4,7,10,18H,5-6,8-9H2,1H3,(H,19,21);1H. The first-order chi connectivity index (χ1) is 11.1. The topological polar surface area (TPSA) is 78.5 Å². The van der Waals surface area contributed by atoms with Crippen LogP contribution < -0.4 is 10.6 Å². The third-order valence-electron chi connectivity index (χ3n) is 3.51. The van der Waals surface area contributed by atoms with E-state index in [0.29, 0.717) is 6.54 Å². The van der Waals surface area contributed by atoms with E-state index in [4.69, 9.17) is 0 Å². The highest BCUT2D eigenvalue weighted by Gasteiger charge is 2.30. The molecule has 142 valence electrons. The van der Waals surface area contributed by atoms with Crippen molar-refractivity contribution in [3.63, 3.8) is 0 Å². The first-order valence-corrected chi connectivity index (χ1v) is 8.72. The number of rotatable bonds is 4. The second-order valence-electron chi connectivity index (χ2n) is 5.54. The van der Waals surface area contributed by atoms with Crippen molar-refractivity contribution in [2.75, 3.05) is 26.2 Å². The Labute approximate surface area is 150 Å². The van der Waals surface area contributed by atoms with Crippen LogP contribution in [-0.2, 0) is 10.0 Å². The van der Waals surface area contributed by atoms with E-state index in [1.807, 2.05) is 6.92 Å². The fourth-order valence-electron chi connectivity index (χ4n) is 2.34. The van der Waals surface area contributed by atoms with Gasteiger partial charge in [0.05, 0.1) is 4.90 Å². The molecule has 25 heavy (non-hydrogen) atoms. The van der Waals surface area contributed by atoms with E-state index in [9.17, 15) is 26.4 Å². The molecule has 1 atom stereocenters. The molecule has 2 N–H and O–H groups in total. The quantitative estimate of drug-likeness (QED) is 0.799. The number of halogens is 4. The molecular weight excluding hydrogens is 383 g/mol. The summed E-state index contributed by atoms with van der Waals surface area (Å²) < 4.78 is 63.0. The number of hydrogen-bond acceptors (Lipinski definition) is 4. The Kier molecular flexibility index (Phi) is 7.24. The molecule has 1 amide bonds. The average Bonchev–Trinajstić information content (AvgIpc) is 2.52. The molecule has 1 aliphatic heterocycles. The Hall–Kier alpha value is -1.36. The Morgan fingerprint density at radius 3 is 2.68 bits per heavy atom. The summed E-state index contributed by atoms with van der Waals surface area (Å²) in [6.07, 6.45) is -4.53. The van der Waals surface area contributed by atoms with Gasteiger partial charge in [-0.2, -0.15) is 17.5 Å². The summed E-state index contributed by atoms with van der Waals surface area (Å²) in [5.74, 6) is -0.974. The molecule has 0 aliphatic carbocycles. The largest absolute Gasteiger partial charge is 0.405 e. The van der Waals surface area contributed by atoms with Gasteiger partial charge < -0.3 is 10.6 Å². The second kappa shape index (κ2) is 8.35. The van der Waals surface area contributed by atoms with Crippen LogP contribution >= 0.6 is 12.4 Å². The normalized spacial score (nSPS) is 19.1. The summed E-state index contributed by atoms with van der Waals surface area (Å²) in [4.78, 5) is 11.7. The van der Waals surface area contributed by atoms with Crippen molar-refractivity contribution in [1.82, 2.24) is 14.9 Å². The van der Waals surface area contributed by atoms with Gasteiger partial charge >= 0.3 is 6.18 Å². The van der Waals surface area contributed by atoms with E-state index in [1.165, 1.54) is 22.5 Å². The molecule has 0 saturated carbocycles. The Balaban J connectivity index is 0.00000312. The van der Waals surface area contributed by atoms with Gasteiger partial charge in [-0.3, -0.25) is 4.79 Å². The summed E-state index contributed by atoms with van der Waals surface area (Å²) in [6, 6.07) is 5.01. The summed E-state index contributed by atoms with van der Waals surface area (Å²) in [6.45, 7) is 1.46. The molecule has 0 aromatic heterocycles. The molecule has 1 heterocycles. The average molecular weight is 402 g/mol. The molecule has 11 heteroatoms. The van der Waals surface area contributed by atoms with Gasteiger partial charge in [-0.05, 0) is 25.1 Å². The van der Waals surface area contributed by atoms with Gasteiger partial charge in [-0.1, -0.05) is 6.07 Å². The monoisotopic (exact) mass is 401 g/mol. The van der Waals surface area contributed by atoms with E-state index in [-0.39, 0.29) is 42.0 Å². The lowest BCUT2D eigenvalue weighted by Crippen LogP contribution is -2.51. The van der Waals surface area contributed by atoms with Gasteiger partial charge in [-0.25, -0.2) is 8.42 Å². The first kappa shape index (κ1) is 21.7. The van der Waals surface area contributed by atoms with E-state index >= 15 is 0 Å². The molecule has 1 aliphatic rings. The van der Waals surface area contributed by atoms with E-state index in [0.717, 1.165) is 6.07 Å². The molecule has 1 aromatic carbocycles. The lowest BCUT2D eigenvalue weighted by Gasteiger charge is -2.31. The number of nitrogens with one attached hydrogen (secondary N) is 2. The van der Waals surface area contributed by atoms with E-state index in [2.05, 4.69) is 5.32 Å². The summed E-state index contributed by atoms with van der Waals surface area (Å²) in [5, 5.41) is 4.84. The molecular formula is C14H19ClF3N3O3S. The minimum absolute atomic E-state index is 0. The first-order valence-electron chi connectivity index (χ1n) is 7.28.